The fourth-order valence-corrected chi connectivity index (χ4v) is 5.95. The molecule has 0 aromatic heterocycles. The van der Waals surface area contributed by atoms with Crippen LogP contribution >= 0.6 is 0 Å². The lowest BCUT2D eigenvalue weighted by molar-refractivity contribution is 1.10. The van der Waals surface area contributed by atoms with Crippen molar-refractivity contribution in [3.63, 3.8) is 0 Å². The fourth-order valence-electron chi connectivity index (χ4n) is 5.95. The second-order valence-electron chi connectivity index (χ2n) is 10.6. The van der Waals surface area contributed by atoms with Crippen molar-refractivity contribution in [3.05, 3.63) is 151 Å². The molecular formula is C40H34. The van der Waals surface area contributed by atoms with Gasteiger partial charge >= 0.3 is 0 Å². The standard InChI is InChI=1S/C40H34/c1-5-27(3)25-38(28(4)6-2)30-17-13-18-31(26-30)39-34-20-9-11-22-36(34)40(37-23-12-10-21-35(37)39)33-24-14-16-29-15-7-8-19-32(29)33/h5,7-26H,1,6H2,2-4H3/b27-25-,38-28+. The molecule has 0 aliphatic carbocycles. The Labute approximate surface area is 237 Å². The zero-order chi connectivity index (χ0) is 27.6. The normalized spacial score (nSPS) is 12.6. The summed E-state index contributed by atoms with van der Waals surface area (Å²) in [6, 6.07) is 42.2. The summed E-state index contributed by atoms with van der Waals surface area (Å²) in [7, 11) is 0. The second-order valence-corrected chi connectivity index (χ2v) is 10.6. The van der Waals surface area contributed by atoms with E-state index in [4.69, 9.17) is 0 Å². The predicted octanol–water partition coefficient (Wildman–Crippen LogP) is 11.8. The molecule has 0 N–H and O–H groups in total. The molecule has 6 aromatic carbocycles. The molecule has 40 heavy (non-hydrogen) atoms. The first-order chi connectivity index (χ1) is 19.6. The van der Waals surface area contributed by atoms with Crippen molar-refractivity contribution in [2.24, 2.45) is 0 Å². The molecular weight excluding hydrogens is 480 g/mol. The Balaban J connectivity index is 1.69. The summed E-state index contributed by atoms with van der Waals surface area (Å²) in [4.78, 5) is 0. The first-order valence-electron chi connectivity index (χ1n) is 14.1. The minimum atomic E-state index is 1.01. The minimum Gasteiger partial charge on any atom is -0.0988 e. The van der Waals surface area contributed by atoms with E-state index in [0.29, 0.717) is 0 Å². The van der Waals surface area contributed by atoms with Gasteiger partial charge in [0.2, 0.25) is 0 Å². The van der Waals surface area contributed by atoms with Crippen LogP contribution in [-0.4, -0.2) is 0 Å². The number of hydrogen-bond acceptors (Lipinski definition) is 0. The molecule has 0 fully saturated rings. The Kier molecular flexibility index (Phi) is 6.93. The average molecular weight is 515 g/mol. The fraction of sp³-hybridized carbons (Fsp3) is 0.100. The predicted molar refractivity (Wildman–Crippen MR) is 177 cm³/mol. The van der Waals surface area contributed by atoms with Crippen molar-refractivity contribution in [1.82, 2.24) is 0 Å². The van der Waals surface area contributed by atoms with Gasteiger partial charge in [-0.25, -0.2) is 0 Å². The van der Waals surface area contributed by atoms with E-state index >= 15 is 0 Å². The number of allylic oxidation sites excluding steroid dienone is 5. The van der Waals surface area contributed by atoms with Gasteiger partial charge in [-0.05, 0) is 92.0 Å². The summed E-state index contributed by atoms with van der Waals surface area (Å²) in [6.07, 6.45) is 5.21. The Bertz CT molecular complexity index is 1900. The van der Waals surface area contributed by atoms with Crippen molar-refractivity contribution >= 4 is 37.9 Å². The van der Waals surface area contributed by atoms with Crippen molar-refractivity contribution in [2.75, 3.05) is 0 Å². The van der Waals surface area contributed by atoms with Gasteiger partial charge in [-0.15, -0.1) is 0 Å². The van der Waals surface area contributed by atoms with Gasteiger partial charge in [-0.1, -0.05) is 146 Å². The molecule has 0 bridgehead atoms. The molecule has 0 saturated heterocycles. The molecule has 0 unspecified atom stereocenters. The van der Waals surface area contributed by atoms with Crippen LogP contribution in [0.5, 0.6) is 0 Å². The second kappa shape index (κ2) is 10.8. The van der Waals surface area contributed by atoms with Crippen molar-refractivity contribution in [1.29, 1.82) is 0 Å². The number of benzene rings is 6. The third-order valence-electron chi connectivity index (χ3n) is 8.14. The summed E-state index contributed by atoms with van der Waals surface area (Å²) < 4.78 is 0. The van der Waals surface area contributed by atoms with Crippen LogP contribution in [0, 0.1) is 0 Å². The van der Waals surface area contributed by atoms with Crippen LogP contribution in [0.25, 0.3) is 60.1 Å². The molecule has 194 valence electrons. The molecule has 6 aromatic rings. The number of rotatable bonds is 6. The maximum Gasteiger partial charge on any atom is -0.00201 e. The number of hydrogen-bond donors (Lipinski definition) is 0. The van der Waals surface area contributed by atoms with Gasteiger partial charge < -0.3 is 0 Å². The molecule has 0 radical (unpaired) electrons. The summed E-state index contributed by atoms with van der Waals surface area (Å²) in [5, 5.41) is 7.65. The molecule has 0 aliphatic heterocycles. The van der Waals surface area contributed by atoms with Crippen LogP contribution in [-0.2, 0) is 0 Å². The smallest absolute Gasteiger partial charge is 0.00201 e. The zero-order valence-electron chi connectivity index (χ0n) is 23.5. The monoisotopic (exact) mass is 514 g/mol. The van der Waals surface area contributed by atoms with Gasteiger partial charge in [0.05, 0.1) is 0 Å². The van der Waals surface area contributed by atoms with E-state index in [1.54, 1.807) is 0 Å². The molecule has 0 spiro atoms. The van der Waals surface area contributed by atoms with Crippen molar-refractivity contribution < 1.29 is 0 Å². The van der Waals surface area contributed by atoms with E-state index in [1.807, 2.05) is 6.08 Å². The number of fused-ring (bicyclic) bond motifs is 3. The highest BCUT2D eigenvalue weighted by atomic mass is 14.2. The Hall–Kier alpha value is -4.68. The molecule has 0 atom stereocenters. The maximum absolute atomic E-state index is 3.99. The van der Waals surface area contributed by atoms with E-state index in [-0.39, 0.29) is 0 Å². The SMILES string of the molecule is C=C/C(C)=C\C(=C(\C)CC)c1cccc(-c2c3ccccc3c(-c3cccc4ccccc34)c3ccccc23)c1. The maximum atomic E-state index is 3.99. The van der Waals surface area contributed by atoms with E-state index < -0.39 is 0 Å². The van der Waals surface area contributed by atoms with E-state index in [2.05, 4.69) is 149 Å². The van der Waals surface area contributed by atoms with Gasteiger partial charge in [0.25, 0.3) is 0 Å². The zero-order valence-corrected chi connectivity index (χ0v) is 23.5. The molecule has 0 heterocycles. The first-order valence-corrected chi connectivity index (χ1v) is 14.1. The van der Waals surface area contributed by atoms with Crippen molar-refractivity contribution in [3.8, 4) is 22.3 Å². The molecule has 0 aliphatic rings. The average Bonchev–Trinajstić information content (AvgIpc) is 3.01. The highest BCUT2D eigenvalue weighted by molar-refractivity contribution is 6.23. The lowest BCUT2D eigenvalue weighted by Gasteiger charge is -2.19. The summed E-state index contributed by atoms with van der Waals surface area (Å²) in [6.45, 7) is 10.6. The van der Waals surface area contributed by atoms with Crippen molar-refractivity contribution in [2.45, 2.75) is 27.2 Å². The molecule has 0 amide bonds. The van der Waals surface area contributed by atoms with Crippen LogP contribution < -0.4 is 0 Å². The van der Waals surface area contributed by atoms with Crippen LogP contribution in [0.3, 0.4) is 0 Å². The quantitative estimate of drug-likeness (QED) is 0.153. The summed E-state index contributed by atoms with van der Waals surface area (Å²) >= 11 is 0. The Morgan fingerprint density at radius 3 is 1.80 bits per heavy atom. The highest BCUT2D eigenvalue weighted by Crippen LogP contribution is 2.45. The van der Waals surface area contributed by atoms with E-state index in [1.165, 1.54) is 76.9 Å². The molecule has 0 nitrogen and oxygen atoms in total. The largest absolute Gasteiger partial charge is 0.0988 e. The van der Waals surface area contributed by atoms with Gasteiger partial charge in [0.15, 0.2) is 0 Å². The molecule has 0 saturated carbocycles. The summed E-state index contributed by atoms with van der Waals surface area (Å²) in [5.74, 6) is 0. The Morgan fingerprint density at radius 2 is 1.18 bits per heavy atom. The van der Waals surface area contributed by atoms with Crippen LogP contribution in [0.4, 0.5) is 0 Å². The molecule has 6 rings (SSSR count). The summed E-state index contributed by atoms with van der Waals surface area (Å²) in [5.41, 5.74) is 10.2. The van der Waals surface area contributed by atoms with Gasteiger partial charge in [-0.3, -0.25) is 0 Å². The Morgan fingerprint density at radius 1 is 0.625 bits per heavy atom. The van der Waals surface area contributed by atoms with Gasteiger partial charge in [-0.2, -0.15) is 0 Å². The lowest BCUT2D eigenvalue weighted by Crippen LogP contribution is -1.93. The topological polar surface area (TPSA) is 0 Å². The third-order valence-corrected chi connectivity index (χ3v) is 8.14. The van der Waals surface area contributed by atoms with Gasteiger partial charge in [0, 0.05) is 0 Å². The van der Waals surface area contributed by atoms with E-state index in [9.17, 15) is 0 Å². The first kappa shape index (κ1) is 25.6. The molecule has 0 heteroatoms. The lowest BCUT2D eigenvalue weighted by atomic mass is 9.84. The highest BCUT2D eigenvalue weighted by Gasteiger charge is 2.18. The van der Waals surface area contributed by atoms with Crippen LogP contribution in [0.15, 0.2) is 145 Å². The van der Waals surface area contributed by atoms with E-state index in [0.717, 1.165) is 6.42 Å². The van der Waals surface area contributed by atoms with Gasteiger partial charge in [0.1, 0.15) is 0 Å². The van der Waals surface area contributed by atoms with Crippen LogP contribution in [0.2, 0.25) is 0 Å². The van der Waals surface area contributed by atoms with Crippen LogP contribution in [0.1, 0.15) is 32.8 Å². The third kappa shape index (κ3) is 4.46. The minimum absolute atomic E-state index is 1.01.